The van der Waals surface area contributed by atoms with Crippen LogP contribution in [0.25, 0.3) is 0 Å². The smallest absolute Gasteiger partial charge is 0.326 e. The summed E-state index contributed by atoms with van der Waals surface area (Å²) in [6, 6.07) is 7.99. The highest BCUT2D eigenvalue weighted by Gasteiger charge is 2.43. The van der Waals surface area contributed by atoms with Crippen LogP contribution in [0.15, 0.2) is 115 Å². The lowest BCUT2D eigenvalue weighted by Crippen LogP contribution is -2.40. The van der Waals surface area contributed by atoms with Crippen LogP contribution in [0.4, 0.5) is 0 Å². The molecule has 2 unspecified atom stereocenters. The monoisotopic (exact) mass is 656 g/mol. The Morgan fingerprint density at radius 3 is 1.90 bits per heavy atom. The predicted octanol–water partition coefficient (Wildman–Crippen LogP) is 7.72. The van der Waals surface area contributed by atoms with Crippen molar-refractivity contribution in [3.05, 3.63) is 121 Å². The third-order valence-electron chi connectivity index (χ3n) is 7.57. The van der Waals surface area contributed by atoms with Gasteiger partial charge >= 0.3 is 5.97 Å². The number of aliphatic carboxylic acids is 1. The number of rotatable bonds is 23. The SMILES string of the molecule is CC/C=C\C/C=C\C/C=C\C/C=C\C/C=C\CC=CCCC(=O)NC(CCCCNC(=O)C1=CC(=O)C(C)(c2ccccc2)O1)C(=O)O. The molecule has 1 aromatic carbocycles. The first-order valence-corrected chi connectivity index (χ1v) is 17.0. The van der Waals surface area contributed by atoms with E-state index in [9.17, 15) is 24.3 Å². The minimum absolute atomic E-state index is 0.0473. The van der Waals surface area contributed by atoms with Crippen LogP contribution in [-0.4, -0.2) is 41.3 Å². The second-order valence-corrected chi connectivity index (χ2v) is 11.5. The summed E-state index contributed by atoms with van der Waals surface area (Å²) < 4.78 is 5.74. The minimum atomic E-state index is -1.24. The summed E-state index contributed by atoms with van der Waals surface area (Å²) in [7, 11) is 0. The molecule has 258 valence electrons. The van der Waals surface area contributed by atoms with E-state index in [0.717, 1.165) is 38.5 Å². The first kappa shape index (κ1) is 39.5. The number of benzene rings is 1. The number of allylic oxidation sites excluding steroid dienone is 12. The maximum Gasteiger partial charge on any atom is 0.326 e. The first-order chi connectivity index (χ1) is 23.3. The molecule has 0 bridgehead atoms. The molecule has 0 fully saturated rings. The number of hydrogen-bond donors (Lipinski definition) is 3. The fourth-order valence-corrected chi connectivity index (χ4v) is 4.77. The Morgan fingerprint density at radius 1 is 0.812 bits per heavy atom. The largest absolute Gasteiger partial charge is 0.480 e. The first-order valence-electron chi connectivity index (χ1n) is 17.0. The second-order valence-electron chi connectivity index (χ2n) is 11.5. The van der Waals surface area contributed by atoms with Gasteiger partial charge < -0.3 is 20.5 Å². The molecular weight excluding hydrogens is 604 g/mol. The average molecular weight is 657 g/mol. The topological polar surface area (TPSA) is 122 Å². The van der Waals surface area contributed by atoms with Gasteiger partial charge in [0.2, 0.25) is 11.7 Å². The summed E-state index contributed by atoms with van der Waals surface area (Å²) >= 11 is 0. The van der Waals surface area contributed by atoms with Crippen LogP contribution >= 0.6 is 0 Å². The van der Waals surface area contributed by atoms with Gasteiger partial charge in [-0.15, -0.1) is 0 Å². The molecule has 2 atom stereocenters. The minimum Gasteiger partial charge on any atom is -0.480 e. The van der Waals surface area contributed by atoms with Crippen molar-refractivity contribution in [2.24, 2.45) is 0 Å². The van der Waals surface area contributed by atoms with Crippen molar-refractivity contribution in [1.29, 1.82) is 0 Å². The Kier molecular flexibility index (Phi) is 19.4. The van der Waals surface area contributed by atoms with E-state index in [-0.39, 0.29) is 36.8 Å². The van der Waals surface area contributed by atoms with E-state index in [4.69, 9.17) is 4.74 Å². The molecule has 2 amide bonds. The van der Waals surface area contributed by atoms with Gasteiger partial charge in [0.25, 0.3) is 5.91 Å². The van der Waals surface area contributed by atoms with Gasteiger partial charge in [-0.1, -0.05) is 110 Å². The lowest BCUT2D eigenvalue weighted by atomic mass is 9.92. The number of hydrogen-bond acceptors (Lipinski definition) is 5. The highest BCUT2D eigenvalue weighted by atomic mass is 16.5. The number of carboxylic acids is 1. The molecule has 0 saturated carbocycles. The summed E-state index contributed by atoms with van der Waals surface area (Å²) in [5.74, 6) is -2.26. The maximum atomic E-state index is 12.6. The van der Waals surface area contributed by atoms with Gasteiger partial charge in [0.05, 0.1) is 0 Å². The number of ketones is 1. The number of carbonyl (C=O) groups excluding carboxylic acids is 3. The third-order valence-corrected chi connectivity index (χ3v) is 7.57. The molecule has 1 aromatic rings. The summed E-state index contributed by atoms with van der Waals surface area (Å²) in [5, 5.41) is 14.8. The maximum absolute atomic E-state index is 12.6. The second kappa shape index (κ2) is 23.6. The van der Waals surface area contributed by atoms with Gasteiger partial charge in [-0.05, 0) is 71.1 Å². The average Bonchev–Trinajstić information content (AvgIpc) is 3.40. The Hall–Kier alpha value is -4.72. The van der Waals surface area contributed by atoms with Crippen molar-refractivity contribution in [3.8, 4) is 0 Å². The van der Waals surface area contributed by atoms with Crippen molar-refractivity contribution >= 4 is 23.6 Å². The zero-order valence-electron chi connectivity index (χ0n) is 28.4. The van der Waals surface area contributed by atoms with Crippen LogP contribution in [0.1, 0.15) is 90.0 Å². The Balaban J connectivity index is 1.54. The van der Waals surface area contributed by atoms with Crippen molar-refractivity contribution in [2.75, 3.05) is 6.54 Å². The van der Waals surface area contributed by atoms with Gasteiger partial charge in [0.1, 0.15) is 6.04 Å². The summed E-state index contributed by atoms with van der Waals surface area (Å²) in [4.78, 5) is 49.1. The number of ether oxygens (including phenoxy) is 1. The Morgan fingerprint density at radius 2 is 1.35 bits per heavy atom. The van der Waals surface area contributed by atoms with Crippen LogP contribution in [-0.2, 0) is 29.5 Å². The van der Waals surface area contributed by atoms with Crippen LogP contribution in [0.2, 0.25) is 0 Å². The van der Waals surface area contributed by atoms with Gasteiger partial charge in [-0.25, -0.2) is 4.79 Å². The molecule has 0 spiro atoms. The van der Waals surface area contributed by atoms with Crippen LogP contribution < -0.4 is 10.6 Å². The fourth-order valence-electron chi connectivity index (χ4n) is 4.77. The lowest BCUT2D eigenvalue weighted by Gasteiger charge is -2.24. The number of nitrogens with one attached hydrogen (secondary N) is 2. The normalized spacial score (nSPS) is 17.3. The molecule has 0 saturated heterocycles. The van der Waals surface area contributed by atoms with E-state index in [0.29, 0.717) is 24.8 Å². The lowest BCUT2D eigenvalue weighted by molar-refractivity contribution is -0.142. The Bertz CT molecular complexity index is 1370. The van der Waals surface area contributed by atoms with Crippen molar-refractivity contribution in [3.63, 3.8) is 0 Å². The van der Waals surface area contributed by atoms with E-state index in [1.54, 1.807) is 31.2 Å². The van der Waals surface area contributed by atoms with E-state index in [1.807, 2.05) is 18.2 Å². The molecule has 1 aliphatic rings. The fraction of sp³-hybridized carbons (Fsp3) is 0.400. The molecule has 8 heteroatoms. The highest BCUT2D eigenvalue weighted by molar-refractivity contribution is 6.07. The number of amides is 2. The molecule has 0 aromatic heterocycles. The van der Waals surface area contributed by atoms with Gasteiger partial charge in [-0.2, -0.15) is 0 Å². The molecule has 48 heavy (non-hydrogen) atoms. The van der Waals surface area contributed by atoms with Crippen molar-refractivity contribution < 1.29 is 29.0 Å². The molecule has 1 aliphatic heterocycles. The zero-order chi connectivity index (χ0) is 34.9. The van der Waals surface area contributed by atoms with Crippen LogP contribution in [0.3, 0.4) is 0 Å². The zero-order valence-corrected chi connectivity index (χ0v) is 28.4. The summed E-state index contributed by atoms with van der Waals surface area (Å²) in [6.07, 6.45) is 34.2. The van der Waals surface area contributed by atoms with Gasteiger partial charge in [-0.3, -0.25) is 14.4 Å². The quantitative estimate of drug-likeness (QED) is 0.0819. The molecule has 1 heterocycles. The molecule has 3 N–H and O–H groups in total. The molecule has 2 rings (SSSR count). The number of unbranched alkanes of at least 4 members (excludes halogenated alkanes) is 1. The Labute approximate surface area is 286 Å². The van der Waals surface area contributed by atoms with Crippen LogP contribution in [0, 0.1) is 0 Å². The van der Waals surface area contributed by atoms with Crippen molar-refractivity contribution in [1.82, 2.24) is 10.6 Å². The predicted molar refractivity (Wildman–Crippen MR) is 192 cm³/mol. The van der Waals surface area contributed by atoms with E-state index in [2.05, 4.69) is 78.3 Å². The molecule has 0 radical (unpaired) electrons. The number of carboxylic acid groups (broad SMARTS) is 1. The van der Waals surface area contributed by atoms with Crippen molar-refractivity contribution in [2.45, 2.75) is 96.1 Å². The highest BCUT2D eigenvalue weighted by Crippen LogP contribution is 2.34. The molecule has 8 nitrogen and oxygen atoms in total. The van der Waals surface area contributed by atoms with Crippen LogP contribution in [0.5, 0.6) is 0 Å². The van der Waals surface area contributed by atoms with Gasteiger partial charge in [0, 0.05) is 24.6 Å². The summed E-state index contributed by atoms with van der Waals surface area (Å²) in [6.45, 7) is 4.04. The van der Waals surface area contributed by atoms with E-state index < -0.39 is 23.5 Å². The van der Waals surface area contributed by atoms with E-state index >= 15 is 0 Å². The summed E-state index contributed by atoms with van der Waals surface area (Å²) in [5.41, 5.74) is -0.583. The standard InChI is InChI=1S/C40H52N2O6/c1-3-4-5-6-7-8-9-10-11-12-13-14-15-16-17-18-19-20-24-30-37(44)42-34(39(46)47)29-25-26-31-41-38(45)35-32-36(43)40(2,48-35)33-27-22-21-23-28-33/h4-5,7-8,10-11,13-14,16-17,19-23,27-28,32,34H,3,6,9,12,15,18,24-26,29-31H2,1-2H3,(H,41,45)(H,42,44)(H,46,47)/b5-4-,8-7-,11-10-,14-13-,17-16-,20-19?. The number of carbonyl (C=O) groups is 4. The van der Waals surface area contributed by atoms with E-state index in [1.165, 1.54) is 6.08 Å². The molecular formula is C40H52N2O6. The van der Waals surface area contributed by atoms with Gasteiger partial charge in [0.15, 0.2) is 11.4 Å². The third kappa shape index (κ3) is 15.7. The molecule has 0 aliphatic carbocycles.